The van der Waals surface area contributed by atoms with Crippen molar-refractivity contribution in [3.05, 3.63) is 17.5 Å². The number of hydrogen-bond donors (Lipinski definition) is 2. The second kappa shape index (κ2) is 5.52. The van der Waals surface area contributed by atoms with Crippen molar-refractivity contribution in [2.75, 3.05) is 5.32 Å². The summed E-state index contributed by atoms with van der Waals surface area (Å²) in [6.07, 6.45) is 2.52. The first-order chi connectivity index (χ1) is 8.97. The van der Waals surface area contributed by atoms with E-state index < -0.39 is 17.8 Å². The Labute approximate surface area is 115 Å². The summed E-state index contributed by atoms with van der Waals surface area (Å²) in [5, 5.41) is 11.8. The Kier molecular flexibility index (Phi) is 3.99. The number of carbonyl (C=O) groups excluding carboxylic acids is 1. The monoisotopic (exact) mass is 283 g/mol. The maximum Gasteiger partial charge on any atom is 0.307 e. The van der Waals surface area contributed by atoms with Crippen molar-refractivity contribution in [1.29, 1.82) is 0 Å². The number of halogens is 1. The fourth-order valence-electron chi connectivity index (χ4n) is 2.48. The van der Waals surface area contributed by atoms with E-state index in [4.69, 9.17) is 16.7 Å². The third kappa shape index (κ3) is 3.20. The highest BCUT2D eigenvalue weighted by molar-refractivity contribution is 6.28. The van der Waals surface area contributed by atoms with Crippen LogP contribution in [0.15, 0.2) is 12.3 Å². The number of aromatic nitrogens is 2. The zero-order chi connectivity index (χ0) is 14.0. The van der Waals surface area contributed by atoms with Gasteiger partial charge in [0.05, 0.1) is 11.8 Å². The largest absolute Gasteiger partial charge is 0.481 e. The number of nitrogens with one attached hydrogen (secondary N) is 1. The summed E-state index contributed by atoms with van der Waals surface area (Å²) in [6.45, 7) is 1.95. The van der Waals surface area contributed by atoms with E-state index in [9.17, 15) is 9.59 Å². The normalized spacial score (nSPS) is 26.1. The Hall–Kier alpha value is -1.69. The number of anilines is 1. The van der Waals surface area contributed by atoms with E-state index in [1.165, 1.54) is 12.3 Å². The van der Waals surface area contributed by atoms with E-state index in [0.717, 1.165) is 0 Å². The molecule has 1 saturated carbocycles. The van der Waals surface area contributed by atoms with Gasteiger partial charge in [-0.15, -0.1) is 0 Å². The predicted molar refractivity (Wildman–Crippen MR) is 68.7 cm³/mol. The molecule has 3 atom stereocenters. The lowest BCUT2D eigenvalue weighted by atomic mass is 9.95. The van der Waals surface area contributed by atoms with Crippen molar-refractivity contribution in [2.45, 2.75) is 19.8 Å². The molecule has 2 rings (SSSR count). The van der Waals surface area contributed by atoms with Gasteiger partial charge in [-0.25, -0.2) is 9.97 Å². The smallest absolute Gasteiger partial charge is 0.307 e. The number of carboxylic acids is 1. The van der Waals surface area contributed by atoms with Crippen molar-refractivity contribution in [1.82, 2.24) is 9.97 Å². The zero-order valence-corrected chi connectivity index (χ0v) is 11.1. The van der Waals surface area contributed by atoms with E-state index in [1.807, 2.05) is 6.92 Å². The van der Waals surface area contributed by atoms with Gasteiger partial charge >= 0.3 is 5.97 Å². The summed E-state index contributed by atoms with van der Waals surface area (Å²) in [5.74, 6) is -1.90. The first-order valence-electron chi connectivity index (χ1n) is 5.99. The minimum atomic E-state index is -0.926. The van der Waals surface area contributed by atoms with Crippen LogP contribution < -0.4 is 5.32 Å². The number of nitrogens with zero attached hydrogens (tertiary/aromatic N) is 2. The lowest BCUT2D eigenvalue weighted by molar-refractivity contribution is -0.145. The molecule has 1 amide bonds. The molecule has 0 saturated heterocycles. The first-order valence-corrected chi connectivity index (χ1v) is 6.37. The third-order valence-electron chi connectivity index (χ3n) is 3.33. The van der Waals surface area contributed by atoms with Crippen molar-refractivity contribution in [3.8, 4) is 0 Å². The Bertz CT molecular complexity index is 509. The number of aliphatic carboxylic acids is 1. The minimum absolute atomic E-state index is 0.0346. The summed E-state index contributed by atoms with van der Waals surface area (Å²) >= 11 is 5.62. The van der Waals surface area contributed by atoms with Crippen LogP contribution in [-0.4, -0.2) is 27.0 Å². The van der Waals surface area contributed by atoms with Crippen LogP contribution in [-0.2, 0) is 9.59 Å². The van der Waals surface area contributed by atoms with Crippen LogP contribution in [0.25, 0.3) is 0 Å². The number of carbonyl (C=O) groups is 2. The van der Waals surface area contributed by atoms with Crippen molar-refractivity contribution < 1.29 is 14.7 Å². The lowest BCUT2D eigenvalue weighted by Gasteiger charge is -2.14. The summed E-state index contributed by atoms with van der Waals surface area (Å²) in [5.41, 5.74) is 0. The van der Waals surface area contributed by atoms with E-state index in [0.29, 0.717) is 12.8 Å². The molecule has 6 nitrogen and oxygen atoms in total. The molecular formula is C12H14ClN3O3. The second-order valence-electron chi connectivity index (χ2n) is 4.83. The molecule has 0 spiro atoms. The topological polar surface area (TPSA) is 92.2 Å². The fourth-order valence-corrected chi connectivity index (χ4v) is 2.63. The van der Waals surface area contributed by atoms with Gasteiger partial charge in [0.25, 0.3) is 0 Å². The van der Waals surface area contributed by atoms with E-state index in [-0.39, 0.29) is 22.9 Å². The molecule has 0 aliphatic heterocycles. The van der Waals surface area contributed by atoms with Gasteiger partial charge in [-0.2, -0.15) is 0 Å². The molecule has 1 heterocycles. The average molecular weight is 284 g/mol. The Morgan fingerprint density at radius 1 is 1.42 bits per heavy atom. The third-order valence-corrected chi connectivity index (χ3v) is 3.51. The highest BCUT2D eigenvalue weighted by Gasteiger charge is 2.41. The van der Waals surface area contributed by atoms with Gasteiger partial charge in [-0.1, -0.05) is 6.92 Å². The van der Waals surface area contributed by atoms with Crippen LogP contribution in [0.1, 0.15) is 19.8 Å². The number of hydrogen-bond acceptors (Lipinski definition) is 4. The highest BCUT2D eigenvalue weighted by Crippen LogP contribution is 2.37. The molecular weight excluding hydrogens is 270 g/mol. The molecule has 1 unspecified atom stereocenters. The molecule has 0 aromatic carbocycles. The minimum Gasteiger partial charge on any atom is -0.481 e. The van der Waals surface area contributed by atoms with Gasteiger partial charge in [0.2, 0.25) is 11.2 Å². The maximum atomic E-state index is 12.1. The van der Waals surface area contributed by atoms with Crippen molar-refractivity contribution in [2.24, 2.45) is 17.8 Å². The molecule has 2 N–H and O–H groups in total. The fraction of sp³-hybridized carbons (Fsp3) is 0.500. The Morgan fingerprint density at radius 3 is 2.74 bits per heavy atom. The van der Waals surface area contributed by atoms with Crippen LogP contribution in [0.4, 0.5) is 5.82 Å². The van der Waals surface area contributed by atoms with E-state index >= 15 is 0 Å². The summed E-state index contributed by atoms with van der Waals surface area (Å²) in [6, 6.07) is 1.51. The Morgan fingerprint density at radius 2 is 2.11 bits per heavy atom. The number of carboxylic acid groups (broad SMARTS) is 1. The van der Waals surface area contributed by atoms with Crippen LogP contribution >= 0.6 is 11.6 Å². The van der Waals surface area contributed by atoms with Gasteiger partial charge < -0.3 is 10.4 Å². The van der Waals surface area contributed by atoms with Gasteiger partial charge in [0.1, 0.15) is 5.82 Å². The van der Waals surface area contributed by atoms with Crippen molar-refractivity contribution in [3.63, 3.8) is 0 Å². The SMILES string of the molecule is CC1C[C@H](C(=O)Nc2ccnc(Cl)n2)[C@H](C(=O)O)C1. The van der Waals surface area contributed by atoms with Gasteiger partial charge in [-0.3, -0.25) is 9.59 Å². The quantitative estimate of drug-likeness (QED) is 0.826. The molecule has 7 heteroatoms. The molecule has 0 radical (unpaired) electrons. The number of amides is 1. The standard InChI is InChI=1S/C12H14ClN3O3/c1-6-4-7(8(5-6)11(18)19)10(17)15-9-2-3-14-12(13)16-9/h2-3,6-8H,4-5H2,1H3,(H,18,19)(H,14,15,16,17)/t6?,7-,8+/m0/s1. The highest BCUT2D eigenvalue weighted by atomic mass is 35.5. The first kappa shape index (κ1) is 13.7. The summed E-state index contributed by atoms with van der Waals surface area (Å²) < 4.78 is 0. The van der Waals surface area contributed by atoms with Crippen LogP contribution in [0, 0.1) is 17.8 Å². The van der Waals surface area contributed by atoms with Gasteiger partial charge in [0.15, 0.2) is 0 Å². The Balaban J connectivity index is 2.09. The molecule has 19 heavy (non-hydrogen) atoms. The zero-order valence-electron chi connectivity index (χ0n) is 10.3. The average Bonchev–Trinajstić information content (AvgIpc) is 2.71. The molecule has 1 aliphatic rings. The molecule has 1 aromatic rings. The van der Waals surface area contributed by atoms with Crippen LogP contribution in [0.2, 0.25) is 5.28 Å². The van der Waals surface area contributed by atoms with Crippen LogP contribution in [0.3, 0.4) is 0 Å². The molecule has 0 bridgehead atoms. The molecule has 102 valence electrons. The van der Waals surface area contributed by atoms with Gasteiger partial charge in [0, 0.05) is 6.20 Å². The van der Waals surface area contributed by atoms with Crippen LogP contribution in [0.5, 0.6) is 0 Å². The lowest BCUT2D eigenvalue weighted by Crippen LogP contribution is -2.30. The predicted octanol–water partition coefficient (Wildman–Crippen LogP) is 1.82. The van der Waals surface area contributed by atoms with E-state index in [1.54, 1.807) is 0 Å². The second-order valence-corrected chi connectivity index (χ2v) is 5.17. The van der Waals surface area contributed by atoms with Crippen molar-refractivity contribution >= 4 is 29.3 Å². The number of rotatable bonds is 3. The summed E-state index contributed by atoms with van der Waals surface area (Å²) in [7, 11) is 0. The maximum absolute atomic E-state index is 12.1. The van der Waals surface area contributed by atoms with E-state index in [2.05, 4.69) is 15.3 Å². The molecule has 1 aromatic heterocycles. The molecule has 1 fully saturated rings. The van der Waals surface area contributed by atoms with Gasteiger partial charge in [-0.05, 0) is 36.4 Å². The summed E-state index contributed by atoms with van der Waals surface area (Å²) in [4.78, 5) is 30.8. The molecule has 1 aliphatic carbocycles.